The number of non-ortho nitro benzene ring substituents is 1. The molecule has 0 heterocycles. The van der Waals surface area contributed by atoms with Crippen LogP contribution in [-0.4, -0.2) is 23.9 Å². The molecule has 144 valence electrons. The van der Waals surface area contributed by atoms with Crippen molar-refractivity contribution in [2.45, 2.75) is 9.60 Å². The second-order valence-electron chi connectivity index (χ2n) is 5.01. The van der Waals surface area contributed by atoms with Gasteiger partial charge >= 0.3 is 0 Å². The third-order valence-electron chi connectivity index (χ3n) is 3.16. The summed E-state index contributed by atoms with van der Waals surface area (Å²) in [6, 6.07) is 5.52. The summed E-state index contributed by atoms with van der Waals surface area (Å²) in [5.74, 6) is -0.871. The van der Waals surface area contributed by atoms with Crippen molar-refractivity contribution in [3.63, 3.8) is 0 Å². The van der Waals surface area contributed by atoms with E-state index in [-0.39, 0.29) is 37.1 Å². The Labute approximate surface area is 173 Å². The fourth-order valence-corrected chi connectivity index (χ4v) is 4.23. The van der Waals surface area contributed by atoms with Gasteiger partial charge < -0.3 is 10.5 Å². The van der Waals surface area contributed by atoms with Crippen LogP contribution in [0, 0.1) is 15.5 Å². The highest BCUT2D eigenvalue weighted by molar-refractivity contribution is 7.94. The van der Waals surface area contributed by atoms with Crippen molar-refractivity contribution in [1.29, 1.82) is 5.41 Å². The highest BCUT2D eigenvalue weighted by Crippen LogP contribution is 2.41. The van der Waals surface area contributed by atoms with Gasteiger partial charge in [-0.2, -0.15) is 0 Å². The maximum Gasteiger partial charge on any atom is 0.271 e. The first-order valence-corrected chi connectivity index (χ1v) is 9.89. The molecule has 0 spiro atoms. The van der Waals surface area contributed by atoms with Gasteiger partial charge in [-0.15, -0.1) is 0 Å². The Morgan fingerprint density at radius 1 is 1.15 bits per heavy atom. The average Bonchev–Trinajstić information content (AvgIpc) is 2.57. The second-order valence-corrected chi connectivity index (χ2v) is 8.96. The lowest BCUT2D eigenvalue weighted by atomic mass is 10.3. The summed E-state index contributed by atoms with van der Waals surface area (Å²) in [4.78, 5) is 9.74. The number of benzene rings is 2. The van der Waals surface area contributed by atoms with Crippen molar-refractivity contribution in [1.82, 2.24) is 0 Å². The maximum absolute atomic E-state index is 12.3. The Kier molecular flexibility index (Phi) is 6.43. The highest BCUT2D eigenvalue weighted by Gasteiger charge is 2.30. The smallest absolute Gasteiger partial charge is 0.271 e. The lowest BCUT2D eigenvalue weighted by Crippen LogP contribution is -2.30. The zero-order valence-electron chi connectivity index (χ0n) is 13.0. The van der Waals surface area contributed by atoms with Crippen LogP contribution in [0.3, 0.4) is 0 Å². The summed E-state index contributed by atoms with van der Waals surface area (Å²) in [5.41, 5.74) is 4.89. The molecule has 0 aliphatic rings. The van der Waals surface area contributed by atoms with Crippen LogP contribution in [-0.2, 0) is 9.84 Å². The molecule has 2 rings (SSSR count). The molecule has 0 amide bonds. The number of hydrogen-bond acceptors (Lipinski definition) is 6. The highest BCUT2D eigenvalue weighted by atomic mass is 35.5. The first-order chi connectivity index (χ1) is 12.4. The molecule has 0 saturated carbocycles. The third kappa shape index (κ3) is 4.56. The van der Waals surface area contributed by atoms with Gasteiger partial charge in [-0.3, -0.25) is 15.5 Å². The minimum Gasteiger partial charge on any atom is -0.453 e. The Bertz CT molecular complexity index is 1020. The Morgan fingerprint density at radius 2 is 1.70 bits per heavy atom. The lowest BCUT2D eigenvalue weighted by Gasteiger charge is -2.14. The van der Waals surface area contributed by atoms with E-state index < -0.39 is 25.3 Å². The molecule has 27 heavy (non-hydrogen) atoms. The molecular formula is C14H9Cl4N3O5S. The number of nitrogens with zero attached hydrogens (tertiary/aromatic N) is 1. The standard InChI is InChI=1S/C14H9Cl4N3O5S/c15-8-3-6(21(22)23)1-2-11(8)26-12-9(16)4-7(5-10(12)17)27(24,25)13(18)14(19)20/h1-5,13H,(H3,19,20). The molecule has 2 aromatic carbocycles. The molecule has 13 heteroatoms. The van der Waals surface area contributed by atoms with Crippen LogP contribution in [0.5, 0.6) is 11.5 Å². The zero-order valence-corrected chi connectivity index (χ0v) is 16.8. The van der Waals surface area contributed by atoms with Crippen LogP contribution in [0.25, 0.3) is 0 Å². The minimum atomic E-state index is -4.21. The summed E-state index contributed by atoms with van der Waals surface area (Å²) in [5, 5.41) is 17.5. The van der Waals surface area contributed by atoms with Gasteiger partial charge in [0.25, 0.3) is 5.69 Å². The molecule has 0 radical (unpaired) electrons. The van der Waals surface area contributed by atoms with Gasteiger partial charge in [-0.25, -0.2) is 8.42 Å². The van der Waals surface area contributed by atoms with E-state index in [2.05, 4.69) is 0 Å². The van der Waals surface area contributed by atoms with Crippen LogP contribution in [0.2, 0.25) is 15.1 Å². The lowest BCUT2D eigenvalue weighted by molar-refractivity contribution is -0.384. The van der Waals surface area contributed by atoms with Crippen molar-refractivity contribution >= 4 is 67.8 Å². The number of sulfone groups is 1. The van der Waals surface area contributed by atoms with Gasteiger partial charge in [0, 0.05) is 12.1 Å². The topological polar surface area (TPSA) is 136 Å². The Hall–Kier alpha value is -1.78. The molecule has 0 aliphatic carbocycles. The SMILES string of the molecule is N=C(N)C(Cl)S(=O)(=O)c1cc(Cl)c(Oc2ccc([N+](=O)[O-])cc2Cl)c(Cl)c1. The number of halogens is 4. The van der Waals surface area contributed by atoms with Crippen LogP contribution in [0.15, 0.2) is 35.2 Å². The van der Waals surface area contributed by atoms with Gasteiger partial charge in [-0.1, -0.05) is 46.4 Å². The van der Waals surface area contributed by atoms with Gasteiger partial charge in [0.2, 0.25) is 9.84 Å². The number of alkyl halides is 1. The van der Waals surface area contributed by atoms with Crippen molar-refractivity contribution in [3.8, 4) is 11.5 Å². The summed E-state index contributed by atoms with van der Waals surface area (Å²) < 4.78 is 28.3. The van der Waals surface area contributed by atoms with E-state index in [9.17, 15) is 18.5 Å². The number of nitro groups is 1. The van der Waals surface area contributed by atoms with Crippen molar-refractivity contribution in [2.24, 2.45) is 5.73 Å². The minimum absolute atomic E-state index is 0.0145. The molecule has 0 bridgehead atoms. The van der Waals surface area contributed by atoms with E-state index in [1.807, 2.05) is 0 Å². The van der Waals surface area contributed by atoms with E-state index >= 15 is 0 Å². The number of amidine groups is 1. The number of rotatable bonds is 6. The molecule has 1 unspecified atom stereocenters. The quantitative estimate of drug-likeness (QED) is 0.207. The first-order valence-electron chi connectivity index (χ1n) is 6.78. The first kappa shape index (κ1) is 21.5. The molecule has 0 aliphatic heterocycles. The third-order valence-corrected chi connectivity index (χ3v) is 6.64. The van der Waals surface area contributed by atoms with Crippen molar-refractivity contribution < 1.29 is 18.1 Å². The predicted octanol–water partition coefficient (Wildman–Crippen LogP) is 4.62. The molecule has 2 aromatic rings. The molecule has 0 aromatic heterocycles. The summed E-state index contributed by atoms with van der Waals surface area (Å²) in [7, 11) is -4.21. The van der Waals surface area contributed by atoms with E-state index in [0.717, 1.165) is 24.3 Å². The number of nitrogens with one attached hydrogen (secondary N) is 1. The average molecular weight is 473 g/mol. The molecule has 3 N–H and O–H groups in total. The number of nitro benzene ring substituents is 1. The van der Waals surface area contributed by atoms with Crippen LogP contribution < -0.4 is 10.5 Å². The van der Waals surface area contributed by atoms with E-state index in [1.54, 1.807) is 0 Å². The molecule has 0 fully saturated rings. The van der Waals surface area contributed by atoms with Gasteiger partial charge in [-0.05, 0) is 18.2 Å². The van der Waals surface area contributed by atoms with Crippen LogP contribution >= 0.6 is 46.4 Å². The Morgan fingerprint density at radius 3 is 2.15 bits per heavy atom. The van der Waals surface area contributed by atoms with Gasteiger partial charge in [0.05, 0.1) is 24.9 Å². The van der Waals surface area contributed by atoms with Gasteiger partial charge in [0.15, 0.2) is 10.5 Å². The van der Waals surface area contributed by atoms with Crippen LogP contribution in [0.4, 0.5) is 5.69 Å². The number of nitrogens with two attached hydrogens (primary N) is 1. The van der Waals surface area contributed by atoms with Crippen LogP contribution in [0.1, 0.15) is 0 Å². The fourth-order valence-electron chi connectivity index (χ4n) is 1.88. The molecular weight excluding hydrogens is 464 g/mol. The van der Waals surface area contributed by atoms with Crippen molar-refractivity contribution in [2.75, 3.05) is 0 Å². The zero-order chi connectivity index (χ0) is 20.5. The molecule has 0 saturated heterocycles. The summed E-state index contributed by atoms with van der Waals surface area (Å²) in [6.45, 7) is 0. The summed E-state index contributed by atoms with van der Waals surface area (Å²) >= 11 is 23.7. The van der Waals surface area contributed by atoms with Gasteiger partial charge in [0.1, 0.15) is 11.6 Å². The van der Waals surface area contributed by atoms with E-state index in [4.69, 9.17) is 62.3 Å². The summed E-state index contributed by atoms with van der Waals surface area (Å²) in [6.07, 6.45) is 0. The largest absolute Gasteiger partial charge is 0.453 e. The van der Waals surface area contributed by atoms with E-state index in [0.29, 0.717) is 0 Å². The van der Waals surface area contributed by atoms with Crippen molar-refractivity contribution in [3.05, 3.63) is 55.5 Å². The number of ether oxygens (including phenoxy) is 1. The number of hydrogen-bond donors (Lipinski definition) is 2. The predicted molar refractivity (Wildman–Crippen MR) is 103 cm³/mol. The normalized spacial score (nSPS) is 12.4. The van der Waals surface area contributed by atoms with E-state index in [1.165, 1.54) is 6.07 Å². The Balaban J connectivity index is 2.44. The second kappa shape index (κ2) is 8.07. The molecule has 8 nitrogen and oxygen atoms in total. The monoisotopic (exact) mass is 471 g/mol. The molecule has 1 atom stereocenters. The maximum atomic E-state index is 12.3. The fraction of sp³-hybridized carbons (Fsp3) is 0.0714.